The predicted octanol–water partition coefficient (Wildman–Crippen LogP) is 1.05. The lowest BCUT2D eigenvalue weighted by Crippen LogP contribution is -2.37. The highest BCUT2D eigenvalue weighted by molar-refractivity contribution is 5.98. The Morgan fingerprint density at radius 3 is 2.50 bits per heavy atom. The van der Waals surface area contributed by atoms with E-state index in [0.717, 1.165) is 0 Å². The van der Waals surface area contributed by atoms with Gasteiger partial charge in [0.1, 0.15) is 0 Å². The molecule has 0 bridgehead atoms. The van der Waals surface area contributed by atoms with E-state index in [1.807, 2.05) is 0 Å². The van der Waals surface area contributed by atoms with Crippen molar-refractivity contribution in [2.24, 2.45) is 5.41 Å². The fraction of sp³-hybridized carbons (Fsp3) is 0.600. The number of hydrogen-bond donors (Lipinski definition) is 1. The third kappa shape index (κ3) is 2.77. The summed E-state index contributed by atoms with van der Waals surface area (Å²) in [5.41, 5.74) is -1.48. The number of aliphatic carboxylic acids is 1. The lowest BCUT2D eigenvalue weighted by atomic mass is 9.85. The molecule has 1 atom stereocenters. The summed E-state index contributed by atoms with van der Waals surface area (Å²) < 4.78 is 4.44. The molecule has 0 aliphatic carbocycles. The third-order valence-electron chi connectivity index (χ3n) is 2.11. The zero-order valence-electron chi connectivity index (χ0n) is 8.37. The summed E-state index contributed by atoms with van der Waals surface area (Å²) in [7, 11) is 1.17. The second kappa shape index (κ2) is 5.28. The minimum absolute atomic E-state index is 0.194. The minimum atomic E-state index is -1.48. The Morgan fingerprint density at radius 2 is 2.14 bits per heavy atom. The molecule has 4 nitrogen and oxygen atoms in total. The fourth-order valence-electron chi connectivity index (χ4n) is 1.07. The van der Waals surface area contributed by atoms with Crippen LogP contribution in [0.3, 0.4) is 0 Å². The smallest absolute Gasteiger partial charge is 0.322 e. The number of carbonyl (C=O) groups excluding carboxylic acids is 1. The number of terminal acetylenes is 1. The lowest BCUT2D eigenvalue weighted by molar-refractivity contribution is -0.166. The van der Waals surface area contributed by atoms with Crippen LogP contribution in [0.15, 0.2) is 0 Å². The van der Waals surface area contributed by atoms with Gasteiger partial charge in [-0.3, -0.25) is 9.59 Å². The summed E-state index contributed by atoms with van der Waals surface area (Å²) in [5, 5.41) is 8.88. The number of ether oxygens (including phenoxy) is 1. The van der Waals surface area contributed by atoms with Gasteiger partial charge < -0.3 is 9.84 Å². The first-order valence-corrected chi connectivity index (χ1v) is 4.24. The Kier molecular flexibility index (Phi) is 4.71. The molecule has 1 unspecified atom stereocenters. The normalized spacial score (nSPS) is 13.8. The third-order valence-corrected chi connectivity index (χ3v) is 2.11. The van der Waals surface area contributed by atoms with E-state index in [-0.39, 0.29) is 6.42 Å². The van der Waals surface area contributed by atoms with Crippen LogP contribution in [0, 0.1) is 17.8 Å². The second-order valence-corrected chi connectivity index (χ2v) is 3.19. The summed E-state index contributed by atoms with van der Waals surface area (Å²) in [6.07, 6.45) is 6.18. The average molecular weight is 198 g/mol. The van der Waals surface area contributed by atoms with Gasteiger partial charge in [0, 0.05) is 6.42 Å². The Hall–Kier alpha value is -1.50. The molecule has 1 N–H and O–H groups in total. The minimum Gasteiger partial charge on any atom is -0.480 e. The van der Waals surface area contributed by atoms with Crippen molar-refractivity contribution in [1.82, 2.24) is 0 Å². The molecule has 0 rings (SSSR count). The lowest BCUT2D eigenvalue weighted by Gasteiger charge is -2.20. The molecule has 0 aromatic heterocycles. The molecule has 0 spiro atoms. The van der Waals surface area contributed by atoms with Crippen molar-refractivity contribution in [2.75, 3.05) is 7.11 Å². The Morgan fingerprint density at radius 1 is 1.57 bits per heavy atom. The first-order valence-electron chi connectivity index (χ1n) is 4.24. The number of carboxylic acid groups (broad SMARTS) is 1. The average Bonchev–Trinajstić information content (AvgIpc) is 2.16. The number of rotatable bonds is 5. The van der Waals surface area contributed by atoms with E-state index in [4.69, 9.17) is 11.5 Å². The molecule has 0 saturated heterocycles. The highest BCUT2D eigenvalue weighted by atomic mass is 16.5. The van der Waals surface area contributed by atoms with E-state index in [0.29, 0.717) is 12.8 Å². The molecule has 0 fully saturated rings. The van der Waals surface area contributed by atoms with E-state index in [1.165, 1.54) is 14.0 Å². The van der Waals surface area contributed by atoms with E-state index in [9.17, 15) is 9.59 Å². The van der Waals surface area contributed by atoms with Gasteiger partial charge in [0.25, 0.3) is 0 Å². The van der Waals surface area contributed by atoms with Crippen LogP contribution in [0.5, 0.6) is 0 Å². The van der Waals surface area contributed by atoms with Crippen LogP contribution in [0.25, 0.3) is 0 Å². The SMILES string of the molecule is C#CCCCC(C)(C(=O)O)C(=O)OC. The largest absolute Gasteiger partial charge is 0.480 e. The molecule has 78 valence electrons. The van der Waals surface area contributed by atoms with Crippen molar-refractivity contribution < 1.29 is 19.4 Å². The van der Waals surface area contributed by atoms with Gasteiger partial charge in [0.2, 0.25) is 0 Å². The van der Waals surface area contributed by atoms with Crippen LogP contribution < -0.4 is 0 Å². The zero-order valence-corrected chi connectivity index (χ0v) is 8.37. The van der Waals surface area contributed by atoms with Crippen LogP contribution in [0.4, 0.5) is 0 Å². The summed E-state index contributed by atoms with van der Waals surface area (Å²) in [6.45, 7) is 1.34. The van der Waals surface area contributed by atoms with Crippen molar-refractivity contribution in [3.8, 4) is 12.3 Å². The summed E-state index contributed by atoms with van der Waals surface area (Å²) in [4.78, 5) is 22.1. The fourth-order valence-corrected chi connectivity index (χ4v) is 1.07. The summed E-state index contributed by atoms with van der Waals surface area (Å²) >= 11 is 0. The number of esters is 1. The molecule has 14 heavy (non-hydrogen) atoms. The molecule has 0 saturated carbocycles. The summed E-state index contributed by atoms with van der Waals surface area (Å²) in [5.74, 6) is 0.478. The molecule has 4 heteroatoms. The number of hydrogen-bond acceptors (Lipinski definition) is 3. The van der Waals surface area contributed by atoms with Gasteiger partial charge in [0.15, 0.2) is 5.41 Å². The number of unbranched alkanes of at least 4 members (excludes halogenated alkanes) is 1. The van der Waals surface area contributed by atoms with Crippen molar-refractivity contribution in [3.05, 3.63) is 0 Å². The quantitative estimate of drug-likeness (QED) is 0.310. The topological polar surface area (TPSA) is 63.6 Å². The van der Waals surface area contributed by atoms with Crippen LogP contribution in [-0.2, 0) is 14.3 Å². The molecule has 0 radical (unpaired) electrons. The molecular weight excluding hydrogens is 184 g/mol. The van der Waals surface area contributed by atoms with Crippen LogP contribution >= 0.6 is 0 Å². The number of methoxy groups -OCH3 is 1. The van der Waals surface area contributed by atoms with Crippen molar-refractivity contribution in [3.63, 3.8) is 0 Å². The second-order valence-electron chi connectivity index (χ2n) is 3.19. The molecule has 0 aliphatic rings. The van der Waals surface area contributed by atoms with Crippen LogP contribution in [0.1, 0.15) is 26.2 Å². The first kappa shape index (κ1) is 12.5. The monoisotopic (exact) mass is 198 g/mol. The van der Waals surface area contributed by atoms with E-state index < -0.39 is 17.4 Å². The van der Waals surface area contributed by atoms with Gasteiger partial charge in [-0.1, -0.05) is 0 Å². The molecule has 0 amide bonds. The molecular formula is C10H14O4. The van der Waals surface area contributed by atoms with Gasteiger partial charge in [-0.2, -0.15) is 0 Å². The molecule has 0 aromatic carbocycles. The zero-order chi connectivity index (χ0) is 11.2. The van der Waals surface area contributed by atoms with Crippen molar-refractivity contribution >= 4 is 11.9 Å². The van der Waals surface area contributed by atoms with Crippen molar-refractivity contribution in [1.29, 1.82) is 0 Å². The predicted molar refractivity (Wildman–Crippen MR) is 50.4 cm³/mol. The first-order chi connectivity index (χ1) is 6.49. The standard InChI is InChI=1S/C10H14O4/c1-4-5-6-7-10(2,8(11)12)9(13)14-3/h1H,5-7H2,2-3H3,(H,11,12). The van der Waals surface area contributed by atoms with Crippen LogP contribution in [0.2, 0.25) is 0 Å². The van der Waals surface area contributed by atoms with Crippen LogP contribution in [-0.4, -0.2) is 24.2 Å². The van der Waals surface area contributed by atoms with Gasteiger partial charge in [0.05, 0.1) is 7.11 Å². The van der Waals surface area contributed by atoms with Gasteiger partial charge in [-0.25, -0.2) is 0 Å². The van der Waals surface area contributed by atoms with E-state index in [2.05, 4.69) is 10.7 Å². The maximum atomic E-state index is 11.2. The highest BCUT2D eigenvalue weighted by Gasteiger charge is 2.41. The Bertz CT molecular complexity index is 264. The highest BCUT2D eigenvalue weighted by Crippen LogP contribution is 2.25. The number of carboxylic acids is 1. The summed E-state index contributed by atoms with van der Waals surface area (Å²) in [6, 6.07) is 0. The molecule has 0 heterocycles. The maximum absolute atomic E-state index is 11.2. The maximum Gasteiger partial charge on any atom is 0.322 e. The molecule has 0 aromatic rings. The van der Waals surface area contributed by atoms with Gasteiger partial charge in [-0.15, -0.1) is 12.3 Å². The van der Waals surface area contributed by atoms with E-state index >= 15 is 0 Å². The van der Waals surface area contributed by atoms with Gasteiger partial charge >= 0.3 is 11.9 Å². The molecule has 0 aliphatic heterocycles. The van der Waals surface area contributed by atoms with Gasteiger partial charge in [-0.05, 0) is 19.8 Å². The number of carbonyl (C=O) groups is 2. The van der Waals surface area contributed by atoms with Crippen molar-refractivity contribution in [2.45, 2.75) is 26.2 Å². The Balaban J connectivity index is 4.50. The van der Waals surface area contributed by atoms with E-state index in [1.54, 1.807) is 0 Å². The Labute approximate surface area is 83.3 Å².